The van der Waals surface area contributed by atoms with Gasteiger partial charge in [0.05, 0.1) is 11.2 Å². The number of fused-ring (bicyclic) bond motifs is 6. The molecule has 1 heterocycles. The molecule has 1 aliphatic rings. The van der Waals surface area contributed by atoms with Gasteiger partial charge in [0.2, 0.25) is 0 Å². The van der Waals surface area contributed by atoms with Gasteiger partial charge in [-0.25, -0.2) is 0 Å². The fraction of sp³-hybridized carbons (Fsp3) is 0.200. The molecule has 33 heavy (non-hydrogen) atoms. The first-order valence-corrected chi connectivity index (χ1v) is 11.6. The maximum atomic E-state index is 6.41. The van der Waals surface area contributed by atoms with Crippen LogP contribution in [0.4, 0.5) is 0 Å². The van der Waals surface area contributed by atoms with Crippen molar-refractivity contribution >= 4 is 44.9 Å². The lowest BCUT2D eigenvalue weighted by atomic mass is 9.74. The van der Waals surface area contributed by atoms with Gasteiger partial charge in [-0.2, -0.15) is 0 Å². The van der Waals surface area contributed by atoms with Crippen molar-refractivity contribution in [3.05, 3.63) is 91.0 Å². The van der Waals surface area contributed by atoms with Gasteiger partial charge in [-0.05, 0) is 82.7 Å². The van der Waals surface area contributed by atoms with Crippen LogP contribution in [0.5, 0.6) is 0 Å². The van der Waals surface area contributed by atoms with Crippen LogP contribution >= 0.6 is 0 Å². The van der Waals surface area contributed by atoms with Crippen molar-refractivity contribution in [2.75, 3.05) is 0 Å². The van der Waals surface area contributed by atoms with Gasteiger partial charge in [0.25, 0.3) is 0 Å². The Hall–Kier alpha value is -3.14. The van der Waals surface area contributed by atoms with E-state index in [1.54, 1.807) is 0 Å². The molecule has 162 valence electrons. The van der Waals surface area contributed by atoms with Crippen LogP contribution in [-0.2, 0) is 9.31 Å². The van der Waals surface area contributed by atoms with Crippen LogP contribution in [0.2, 0.25) is 0 Å². The van der Waals surface area contributed by atoms with Crippen molar-refractivity contribution in [1.29, 1.82) is 0 Å². The van der Waals surface area contributed by atoms with E-state index in [0.717, 1.165) is 11.0 Å². The number of rotatable bonds is 2. The topological polar surface area (TPSA) is 18.5 Å². The Morgan fingerprint density at radius 1 is 0.515 bits per heavy atom. The van der Waals surface area contributed by atoms with E-state index in [4.69, 9.17) is 9.31 Å². The summed E-state index contributed by atoms with van der Waals surface area (Å²) in [6.07, 6.45) is 0. The van der Waals surface area contributed by atoms with Crippen LogP contribution in [-0.4, -0.2) is 18.3 Å². The number of hydrogen-bond donors (Lipinski definition) is 0. The summed E-state index contributed by atoms with van der Waals surface area (Å²) >= 11 is 0. The van der Waals surface area contributed by atoms with E-state index < -0.39 is 7.12 Å². The van der Waals surface area contributed by atoms with E-state index in [9.17, 15) is 0 Å². The maximum Gasteiger partial charge on any atom is 0.495 e. The zero-order valence-electron chi connectivity index (χ0n) is 19.6. The van der Waals surface area contributed by atoms with Crippen LogP contribution in [0.1, 0.15) is 27.7 Å². The first-order valence-electron chi connectivity index (χ1n) is 11.6. The first-order chi connectivity index (χ1) is 15.9. The molecular weight excluding hydrogens is 403 g/mol. The third-order valence-electron chi connectivity index (χ3n) is 7.52. The molecule has 0 aliphatic carbocycles. The largest absolute Gasteiger partial charge is 0.495 e. The molecule has 3 heteroatoms. The Labute approximate surface area is 195 Å². The van der Waals surface area contributed by atoms with Gasteiger partial charge in [-0.15, -0.1) is 0 Å². The molecule has 5 aromatic rings. The minimum atomic E-state index is -0.393. The summed E-state index contributed by atoms with van der Waals surface area (Å²) in [6.45, 7) is 8.40. The van der Waals surface area contributed by atoms with Crippen LogP contribution in [0.3, 0.4) is 0 Å². The van der Waals surface area contributed by atoms with Gasteiger partial charge in [0, 0.05) is 0 Å². The third-order valence-corrected chi connectivity index (χ3v) is 7.52. The smallest absolute Gasteiger partial charge is 0.399 e. The van der Waals surface area contributed by atoms with Crippen LogP contribution in [0, 0.1) is 0 Å². The fourth-order valence-electron chi connectivity index (χ4n) is 5.01. The van der Waals surface area contributed by atoms with E-state index in [1.165, 1.54) is 37.9 Å². The minimum absolute atomic E-state index is 0.372. The van der Waals surface area contributed by atoms with E-state index in [0.29, 0.717) is 0 Å². The SMILES string of the molecule is CC1(C)OB(c2ccccc2-c2ccc3c4ccccc4c4ccccc4c3c2)OC1(C)C. The lowest BCUT2D eigenvalue weighted by Gasteiger charge is -2.32. The van der Waals surface area contributed by atoms with Crippen LogP contribution < -0.4 is 5.46 Å². The molecule has 0 amide bonds. The highest BCUT2D eigenvalue weighted by Crippen LogP contribution is 2.39. The molecular formula is C30H27BO2. The standard InChI is InChI=1S/C30H27BO2/c1-29(2)30(3,4)33-31(32-29)28-16-10-9-11-21(28)20-17-18-26-24-14-6-5-12-22(24)23-13-7-8-15-25(23)27(26)19-20/h5-19H,1-4H3. The van der Waals surface area contributed by atoms with Crippen molar-refractivity contribution in [3.63, 3.8) is 0 Å². The minimum Gasteiger partial charge on any atom is -0.399 e. The van der Waals surface area contributed by atoms with Gasteiger partial charge < -0.3 is 9.31 Å². The summed E-state index contributed by atoms with van der Waals surface area (Å²) < 4.78 is 12.8. The summed E-state index contributed by atoms with van der Waals surface area (Å²) in [6, 6.07) is 32.7. The van der Waals surface area contributed by atoms with Gasteiger partial charge in [0.1, 0.15) is 0 Å². The molecule has 0 radical (unpaired) electrons. The molecule has 0 atom stereocenters. The molecule has 2 nitrogen and oxygen atoms in total. The molecule has 1 fully saturated rings. The monoisotopic (exact) mass is 430 g/mol. The van der Waals surface area contributed by atoms with Gasteiger partial charge in [-0.1, -0.05) is 84.9 Å². The molecule has 0 saturated carbocycles. The second kappa shape index (κ2) is 7.18. The molecule has 6 rings (SSSR count). The van der Waals surface area contributed by atoms with Crippen molar-refractivity contribution in [1.82, 2.24) is 0 Å². The highest BCUT2D eigenvalue weighted by Gasteiger charge is 2.52. The Bertz CT molecular complexity index is 1480. The lowest BCUT2D eigenvalue weighted by Crippen LogP contribution is -2.41. The van der Waals surface area contributed by atoms with Crippen molar-refractivity contribution in [2.24, 2.45) is 0 Å². The third kappa shape index (κ3) is 3.11. The second-order valence-corrected chi connectivity index (χ2v) is 10.0. The second-order valence-electron chi connectivity index (χ2n) is 10.0. The first kappa shape index (κ1) is 20.5. The predicted octanol–water partition coefficient (Wildman–Crippen LogP) is 7.11. The zero-order chi connectivity index (χ0) is 22.8. The molecule has 1 aliphatic heterocycles. The van der Waals surface area contributed by atoms with E-state index in [-0.39, 0.29) is 11.2 Å². The Kier molecular flexibility index (Phi) is 4.45. The number of benzene rings is 5. The van der Waals surface area contributed by atoms with Crippen molar-refractivity contribution < 1.29 is 9.31 Å². The molecule has 0 aromatic heterocycles. The molecule has 5 aromatic carbocycles. The van der Waals surface area contributed by atoms with Gasteiger partial charge in [-0.3, -0.25) is 0 Å². The van der Waals surface area contributed by atoms with E-state index in [2.05, 4.69) is 119 Å². The van der Waals surface area contributed by atoms with Gasteiger partial charge in [0.15, 0.2) is 0 Å². The fourth-order valence-corrected chi connectivity index (χ4v) is 5.01. The van der Waals surface area contributed by atoms with E-state index in [1.807, 2.05) is 0 Å². The Morgan fingerprint density at radius 2 is 0.970 bits per heavy atom. The summed E-state index contributed by atoms with van der Waals surface area (Å²) in [5.74, 6) is 0. The zero-order valence-corrected chi connectivity index (χ0v) is 19.6. The molecule has 0 spiro atoms. The highest BCUT2D eigenvalue weighted by molar-refractivity contribution is 6.63. The summed E-state index contributed by atoms with van der Waals surface area (Å²) in [5.41, 5.74) is 2.65. The summed E-state index contributed by atoms with van der Waals surface area (Å²) in [4.78, 5) is 0. The molecule has 0 unspecified atom stereocenters. The summed E-state index contributed by atoms with van der Waals surface area (Å²) in [5, 5.41) is 7.70. The average Bonchev–Trinajstić information content (AvgIpc) is 3.05. The predicted molar refractivity (Wildman–Crippen MR) is 140 cm³/mol. The molecule has 0 bridgehead atoms. The average molecular weight is 430 g/mol. The van der Waals surface area contributed by atoms with Crippen molar-refractivity contribution in [2.45, 2.75) is 38.9 Å². The Morgan fingerprint density at radius 3 is 1.55 bits per heavy atom. The summed E-state index contributed by atoms with van der Waals surface area (Å²) in [7, 11) is -0.393. The van der Waals surface area contributed by atoms with Gasteiger partial charge >= 0.3 is 7.12 Å². The van der Waals surface area contributed by atoms with E-state index >= 15 is 0 Å². The normalized spacial score (nSPS) is 17.3. The quantitative estimate of drug-likeness (QED) is 0.219. The Balaban J connectivity index is 1.58. The maximum absolute atomic E-state index is 6.41. The highest BCUT2D eigenvalue weighted by atomic mass is 16.7. The van der Waals surface area contributed by atoms with Crippen molar-refractivity contribution in [3.8, 4) is 11.1 Å². The lowest BCUT2D eigenvalue weighted by molar-refractivity contribution is 0.00578. The number of hydrogen-bond acceptors (Lipinski definition) is 2. The van der Waals surface area contributed by atoms with Crippen LogP contribution in [0.25, 0.3) is 43.4 Å². The molecule has 1 saturated heterocycles. The van der Waals surface area contributed by atoms with Crippen LogP contribution in [0.15, 0.2) is 91.0 Å². The molecule has 0 N–H and O–H groups in total.